The molecule has 4 heteroatoms. The SMILES string of the molecule is CCOC(=O)C=C[C@H]1CNCCO1. The highest BCUT2D eigenvalue weighted by molar-refractivity contribution is 5.81. The molecule has 1 aliphatic heterocycles. The highest BCUT2D eigenvalue weighted by Crippen LogP contribution is 1.97. The Kier molecular flexibility index (Phi) is 4.49. The van der Waals surface area contributed by atoms with Crippen molar-refractivity contribution < 1.29 is 14.3 Å². The van der Waals surface area contributed by atoms with Gasteiger partial charge >= 0.3 is 5.97 Å². The molecular formula is C9H15NO3. The van der Waals surface area contributed by atoms with E-state index in [4.69, 9.17) is 9.47 Å². The average Bonchev–Trinajstić information content (AvgIpc) is 2.17. The molecule has 0 bridgehead atoms. The van der Waals surface area contributed by atoms with Crippen LogP contribution in [-0.2, 0) is 14.3 Å². The van der Waals surface area contributed by atoms with Gasteiger partial charge in [-0.3, -0.25) is 0 Å². The first-order chi connectivity index (χ1) is 6.33. The summed E-state index contributed by atoms with van der Waals surface area (Å²) in [5, 5.41) is 3.16. The van der Waals surface area contributed by atoms with Gasteiger partial charge in [0.05, 0.1) is 19.3 Å². The first-order valence-corrected chi connectivity index (χ1v) is 4.50. The van der Waals surface area contributed by atoms with Gasteiger partial charge in [0.1, 0.15) is 0 Å². The van der Waals surface area contributed by atoms with Gasteiger partial charge < -0.3 is 14.8 Å². The normalized spacial score (nSPS) is 23.3. The van der Waals surface area contributed by atoms with Gasteiger partial charge in [-0.15, -0.1) is 0 Å². The lowest BCUT2D eigenvalue weighted by molar-refractivity contribution is -0.137. The summed E-state index contributed by atoms with van der Waals surface area (Å²) >= 11 is 0. The van der Waals surface area contributed by atoms with Crippen molar-refractivity contribution >= 4 is 5.97 Å². The van der Waals surface area contributed by atoms with Crippen molar-refractivity contribution in [3.05, 3.63) is 12.2 Å². The quantitative estimate of drug-likeness (QED) is 0.500. The van der Waals surface area contributed by atoms with Crippen LogP contribution >= 0.6 is 0 Å². The van der Waals surface area contributed by atoms with E-state index in [2.05, 4.69) is 5.32 Å². The molecule has 13 heavy (non-hydrogen) atoms. The topological polar surface area (TPSA) is 47.6 Å². The molecule has 0 aliphatic carbocycles. The molecule has 0 aromatic rings. The summed E-state index contributed by atoms with van der Waals surface area (Å²) in [5.41, 5.74) is 0. The highest BCUT2D eigenvalue weighted by Gasteiger charge is 2.09. The van der Waals surface area contributed by atoms with E-state index >= 15 is 0 Å². The summed E-state index contributed by atoms with van der Waals surface area (Å²) in [4.78, 5) is 10.9. The summed E-state index contributed by atoms with van der Waals surface area (Å²) in [5.74, 6) is -0.309. The number of carbonyl (C=O) groups is 1. The Bertz CT molecular complexity index is 185. The maximum Gasteiger partial charge on any atom is 0.330 e. The van der Waals surface area contributed by atoms with Gasteiger partial charge in [-0.1, -0.05) is 0 Å². The summed E-state index contributed by atoms with van der Waals surface area (Å²) < 4.78 is 10.1. The van der Waals surface area contributed by atoms with Crippen molar-refractivity contribution in [2.24, 2.45) is 0 Å². The van der Waals surface area contributed by atoms with E-state index < -0.39 is 0 Å². The Balaban J connectivity index is 2.24. The van der Waals surface area contributed by atoms with Crippen molar-refractivity contribution in [2.75, 3.05) is 26.3 Å². The second-order valence-electron chi connectivity index (χ2n) is 2.72. The third kappa shape index (κ3) is 4.05. The van der Waals surface area contributed by atoms with Gasteiger partial charge in [0.15, 0.2) is 0 Å². The number of nitrogens with one attached hydrogen (secondary N) is 1. The standard InChI is InChI=1S/C9H15NO3/c1-2-12-9(11)4-3-8-7-10-5-6-13-8/h3-4,8,10H,2,5-7H2,1H3/t8-/m0/s1. The molecule has 74 valence electrons. The van der Waals surface area contributed by atoms with Gasteiger partial charge in [0.25, 0.3) is 0 Å². The first-order valence-electron chi connectivity index (χ1n) is 4.50. The van der Waals surface area contributed by atoms with Crippen LogP contribution in [0.5, 0.6) is 0 Å². The zero-order chi connectivity index (χ0) is 9.52. The lowest BCUT2D eigenvalue weighted by atomic mass is 10.3. The fraction of sp³-hybridized carbons (Fsp3) is 0.667. The van der Waals surface area contributed by atoms with Crippen LogP contribution in [0, 0.1) is 0 Å². The Morgan fingerprint density at radius 1 is 1.77 bits per heavy atom. The summed E-state index contributed by atoms with van der Waals surface area (Å²) in [6, 6.07) is 0. The molecule has 1 rings (SSSR count). The molecule has 0 amide bonds. The molecule has 1 atom stereocenters. The summed E-state index contributed by atoms with van der Waals surface area (Å²) in [6.45, 7) is 4.52. The second-order valence-corrected chi connectivity index (χ2v) is 2.72. The van der Waals surface area contributed by atoms with Crippen molar-refractivity contribution in [1.82, 2.24) is 5.32 Å². The average molecular weight is 185 g/mol. The first kappa shape index (κ1) is 10.2. The molecule has 0 spiro atoms. The minimum absolute atomic E-state index is 0.00171. The maximum absolute atomic E-state index is 10.9. The molecule has 1 aliphatic rings. The van der Waals surface area contributed by atoms with Crippen LogP contribution in [0.25, 0.3) is 0 Å². The molecule has 1 saturated heterocycles. The monoisotopic (exact) mass is 185 g/mol. The molecule has 0 aromatic heterocycles. The number of rotatable bonds is 3. The van der Waals surface area contributed by atoms with E-state index in [9.17, 15) is 4.79 Å². The highest BCUT2D eigenvalue weighted by atomic mass is 16.5. The predicted molar refractivity (Wildman–Crippen MR) is 48.4 cm³/mol. The molecule has 0 radical (unpaired) electrons. The lowest BCUT2D eigenvalue weighted by Crippen LogP contribution is -2.37. The predicted octanol–water partition coefficient (Wildman–Crippen LogP) is 0.0941. The van der Waals surface area contributed by atoms with Crippen molar-refractivity contribution in [2.45, 2.75) is 13.0 Å². The molecule has 0 saturated carbocycles. The Morgan fingerprint density at radius 3 is 3.23 bits per heavy atom. The number of hydrogen-bond donors (Lipinski definition) is 1. The van der Waals surface area contributed by atoms with Crippen LogP contribution in [0.1, 0.15) is 6.92 Å². The molecule has 0 aromatic carbocycles. The number of hydrogen-bond acceptors (Lipinski definition) is 4. The van der Waals surface area contributed by atoms with E-state index in [0.29, 0.717) is 13.2 Å². The van der Waals surface area contributed by atoms with E-state index in [-0.39, 0.29) is 12.1 Å². The zero-order valence-corrected chi connectivity index (χ0v) is 7.79. The molecule has 1 N–H and O–H groups in total. The van der Waals surface area contributed by atoms with Gasteiger partial charge in [-0.2, -0.15) is 0 Å². The number of morpholine rings is 1. The smallest absolute Gasteiger partial charge is 0.330 e. The minimum Gasteiger partial charge on any atom is -0.463 e. The van der Waals surface area contributed by atoms with Gasteiger partial charge in [-0.25, -0.2) is 4.79 Å². The van der Waals surface area contributed by atoms with E-state index in [1.807, 2.05) is 0 Å². The van der Waals surface area contributed by atoms with Crippen molar-refractivity contribution in [1.29, 1.82) is 0 Å². The van der Waals surface area contributed by atoms with Crippen LogP contribution in [0.15, 0.2) is 12.2 Å². The molecule has 1 heterocycles. The second kappa shape index (κ2) is 5.72. The summed E-state index contributed by atoms with van der Waals surface area (Å²) in [6.07, 6.45) is 3.14. The summed E-state index contributed by atoms with van der Waals surface area (Å²) in [7, 11) is 0. The Hall–Kier alpha value is -0.870. The maximum atomic E-state index is 10.9. The van der Waals surface area contributed by atoms with E-state index in [0.717, 1.165) is 13.1 Å². The Morgan fingerprint density at radius 2 is 2.62 bits per heavy atom. The minimum atomic E-state index is -0.309. The third-order valence-electron chi connectivity index (χ3n) is 1.69. The largest absolute Gasteiger partial charge is 0.463 e. The molecule has 4 nitrogen and oxygen atoms in total. The lowest BCUT2D eigenvalue weighted by Gasteiger charge is -2.20. The zero-order valence-electron chi connectivity index (χ0n) is 7.79. The molecule has 0 unspecified atom stereocenters. The number of ether oxygens (including phenoxy) is 2. The molecular weight excluding hydrogens is 170 g/mol. The Labute approximate surface area is 77.9 Å². The van der Waals surface area contributed by atoms with E-state index in [1.54, 1.807) is 13.0 Å². The fourth-order valence-electron chi connectivity index (χ4n) is 1.09. The molecule has 1 fully saturated rings. The van der Waals surface area contributed by atoms with Gasteiger partial charge in [0, 0.05) is 19.2 Å². The van der Waals surface area contributed by atoms with Crippen molar-refractivity contribution in [3.63, 3.8) is 0 Å². The third-order valence-corrected chi connectivity index (χ3v) is 1.69. The van der Waals surface area contributed by atoms with Crippen molar-refractivity contribution in [3.8, 4) is 0 Å². The van der Waals surface area contributed by atoms with Crippen LogP contribution in [-0.4, -0.2) is 38.4 Å². The fourth-order valence-corrected chi connectivity index (χ4v) is 1.09. The van der Waals surface area contributed by atoms with Crippen LogP contribution in [0.2, 0.25) is 0 Å². The van der Waals surface area contributed by atoms with Gasteiger partial charge in [0.2, 0.25) is 0 Å². The number of carbonyl (C=O) groups excluding carboxylic acids is 1. The van der Waals surface area contributed by atoms with Gasteiger partial charge in [-0.05, 0) is 13.0 Å². The van der Waals surface area contributed by atoms with Crippen LogP contribution in [0.3, 0.4) is 0 Å². The van der Waals surface area contributed by atoms with E-state index in [1.165, 1.54) is 6.08 Å². The van der Waals surface area contributed by atoms with Crippen LogP contribution in [0.4, 0.5) is 0 Å². The van der Waals surface area contributed by atoms with Crippen LogP contribution < -0.4 is 5.32 Å². The number of esters is 1.